The van der Waals surface area contributed by atoms with Crippen LogP contribution in [-0.4, -0.2) is 37.7 Å². The number of hydrogen-bond donors (Lipinski definition) is 1. The van der Waals surface area contributed by atoms with Gasteiger partial charge in [-0.25, -0.2) is 9.18 Å². The SMILES string of the molecule is Cc1ccc(NC(=O)N(C)CC2CCOC2)cc1F. The van der Waals surface area contributed by atoms with Crippen molar-refractivity contribution in [2.45, 2.75) is 13.3 Å². The monoisotopic (exact) mass is 266 g/mol. The molecule has 1 N–H and O–H groups in total. The molecule has 1 aromatic carbocycles. The summed E-state index contributed by atoms with van der Waals surface area (Å²) < 4.78 is 18.7. The molecule has 0 aliphatic carbocycles. The molecule has 4 nitrogen and oxygen atoms in total. The van der Waals surface area contributed by atoms with Crippen LogP contribution in [0, 0.1) is 18.7 Å². The van der Waals surface area contributed by atoms with E-state index < -0.39 is 0 Å². The van der Waals surface area contributed by atoms with Crippen molar-refractivity contribution in [2.24, 2.45) is 5.92 Å². The van der Waals surface area contributed by atoms with Crippen LogP contribution >= 0.6 is 0 Å². The van der Waals surface area contributed by atoms with Crippen molar-refractivity contribution in [2.75, 3.05) is 32.1 Å². The second-order valence-electron chi connectivity index (χ2n) is 5.00. The molecule has 1 heterocycles. The molecule has 0 saturated carbocycles. The summed E-state index contributed by atoms with van der Waals surface area (Å²) in [5.41, 5.74) is 1.04. The minimum absolute atomic E-state index is 0.227. The molecule has 1 saturated heterocycles. The second-order valence-corrected chi connectivity index (χ2v) is 5.00. The van der Waals surface area contributed by atoms with Crippen molar-refractivity contribution in [3.8, 4) is 0 Å². The maximum Gasteiger partial charge on any atom is 0.321 e. The molecule has 1 unspecified atom stereocenters. The minimum Gasteiger partial charge on any atom is -0.381 e. The minimum atomic E-state index is -0.315. The van der Waals surface area contributed by atoms with Crippen LogP contribution < -0.4 is 5.32 Å². The zero-order chi connectivity index (χ0) is 13.8. The number of halogens is 1. The molecular formula is C14H19FN2O2. The van der Waals surface area contributed by atoms with E-state index in [4.69, 9.17) is 4.74 Å². The topological polar surface area (TPSA) is 41.6 Å². The van der Waals surface area contributed by atoms with Crippen molar-refractivity contribution in [1.29, 1.82) is 0 Å². The Hall–Kier alpha value is -1.62. The lowest BCUT2D eigenvalue weighted by Crippen LogP contribution is -2.35. The van der Waals surface area contributed by atoms with Crippen LogP contribution in [0.15, 0.2) is 18.2 Å². The molecular weight excluding hydrogens is 247 g/mol. The number of carbonyl (C=O) groups is 1. The summed E-state index contributed by atoms with van der Waals surface area (Å²) in [4.78, 5) is 13.6. The zero-order valence-electron chi connectivity index (χ0n) is 11.3. The van der Waals surface area contributed by atoms with Crippen LogP contribution in [0.1, 0.15) is 12.0 Å². The standard InChI is InChI=1S/C14H19FN2O2/c1-10-3-4-12(7-13(10)15)16-14(18)17(2)8-11-5-6-19-9-11/h3-4,7,11H,5-6,8-9H2,1-2H3,(H,16,18). The van der Waals surface area contributed by atoms with Gasteiger partial charge in [-0.15, -0.1) is 0 Å². The van der Waals surface area contributed by atoms with Crippen molar-refractivity contribution in [3.05, 3.63) is 29.6 Å². The first-order valence-electron chi connectivity index (χ1n) is 6.42. The molecule has 0 radical (unpaired) electrons. The third-order valence-electron chi connectivity index (χ3n) is 3.33. The lowest BCUT2D eigenvalue weighted by Gasteiger charge is -2.21. The Bertz CT molecular complexity index is 459. The number of ether oxygens (including phenoxy) is 1. The summed E-state index contributed by atoms with van der Waals surface area (Å²) in [7, 11) is 1.73. The van der Waals surface area contributed by atoms with Crippen LogP contribution in [0.2, 0.25) is 0 Å². The quantitative estimate of drug-likeness (QED) is 0.913. The summed E-state index contributed by atoms with van der Waals surface area (Å²) >= 11 is 0. The van der Waals surface area contributed by atoms with E-state index in [0.717, 1.165) is 13.0 Å². The normalized spacial score (nSPS) is 18.4. The average molecular weight is 266 g/mol. The first-order valence-corrected chi connectivity index (χ1v) is 6.42. The number of carbonyl (C=O) groups excluding carboxylic acids is 1. The summed E-state index contributed by atoms with van der Waals surface area (Å²) in [6.07, 6.45) is 0.983. The Kier molecular flexibility index (Phi) is 4.37. The van der Waals surface area contributed by atoms with Gasteiger partial charge >= 0.3 is 6.03 Å². The smallest absolute Gasteiger partial charge is 0.321 e. The maximum atomic E-state index is 13.4. The number of benzene rings is 1. The molecule has 2 amide bonds. The van der Waals surface area contributed by atoms with E-state index in [0.29, 0.717) is 30.3 Å². The fourth-order valence-corrected chi connectivity index (χ4v) is 2.09. The summed E-state index contributed by atoms with van der Waals surface area (Å²) in [6, 6.07) is 4.45. The highest BCUT2D eigenvalue weighted by Gasteiger charge is 2.20. The average Bonchev–Trinajstić information content (AvgIpc) is 2.86. The van der Waals surface area contributed by atoms with Crippen molar-refractivity contribution < 1.29 is 13.9 Å². The molecule has 1 aromatic rings. The molecule has 2 rings (SSSR count). The Morgan fingerprint density at radius 2 is 2.37 bits per heavy atom. The third-order valence-corrected chi connectivity index (χ3v) is 3.33. The van der Waals surface area contributed by atoms with Crippen LogP contribution in [0.4, 0.5) is 14.9 Å². The fraction of sp³-hybridized carbons (Fsp3) is 0.500. The molecule has 104 valence electrons. The molecule has 1 atom stereocenters. The van der Waals surface area contributed by atoms with Crippen molar-refractivity contribution in [3.63, 3.8) is 0 Å². The number of aryl methyl sites for hydroxylation is 1. The Morgan fingerprint density at radius 3 is 3.00 bits per heavy atom. The largest absolute Gasteiger partial charge is 0.381 e. The van der Waals surface area contributed by atoms with Gasteiger partial charge in [0.05, 0.1) is 6.61 Å². The molecule has 1 aliphatic rings. The molecule has 0 bridgehead atoms. The van der Waals surface area contributed by atoms with Crippen molar-refractivity contribution >= 4 is 11.7 Å². The molecule has 1 aliphatic heterocycles. The maximum absolute atomic E-state index is 13.4. The van der Waals surface area contributed by atoms with Gasteiger partial charge in [-0.05, 0) is 31.0 Å². The van der Waals surface area contributed by atoms with E-state index in [1.165, 1.54) is 6.07 Å². The molecule has 0 spiro atoms. The third kappa shape index (κ3) is 3.67. The highest BCUT2D eigenvalue weighted by atomic mass is 19.1. The number of urea groups is 1. The molecule has 19 heavy (non-hydrogen) atoms. The first-order chi connectivity index (χ1) is 9.06. The van der Waals surface area contributed by atoms with Crippen molar-refractivity contribution in [1.82, 2.24) is 4.90 Å². The van der Waals surface area contributed by atoms with Crippen LogP contribution in [-0.2, 0) is 4.74 Å². The number of anilines is 1. The number of amides is 2. The zero-order valence-corrected chi connectivity index (χ0v) is 11.3. The van der Waals surface area contributed by atoms with E-state index in [1.54, 1.807) is 31.0 Å². The lowest BCUT2D eigenvalue weighted by molar-refractivity contribution is 0.175. The second kappa shape index (κ2) is 6.02. The van der Waals surface area contributed by atoms with Gasteiger partial charge in [0.15, 0.2) is 0 Å². The van der Waals surface area contributed by atoms with Gasteiger partial charge in [0.2, 0.25) is 0 Å². The summed E-state index contributed by atoms with van der Waals surface area (Å²) in [5, 5.41) is 2.69. The van der Waals surface area contributed by atoms with E-state index in [-0.39, 0.29) is 11.8 Å². The Balaban J connectivity index is 1.90. The van der Waals surface area contributed by atoms with Gasteiger partial charge < -0.3 is 15.0 Å². The van der Waals surface area contributed by atoms with E-state index in [2.05, 4.69) is 5.32 Å². The predicted octanol–water partition coefficient (Wildman–Crippen LogP) is 2.63. The van der Waals surface area contributed by atoms with E-state index in [1.807, 2.05) is 0 Å². The highest BCUT2D eigenvalue weighted by Crippen LogP contribution is 2.16. The summed E-state index contributed by atoms with van der Waals surface area (Å²) in [5.74, 6) is 0.0788. The number of nitrogens with one attached hydrogen (secondary N) is 1. The van der Waals surface area contributed by atoms with Gasteiger partial charge in [-0.2, -0.15) is 0 Å². The van der Waals surface area contributed by atoms with Gasteiger partial charge in [0, 0.05) is 31.8 Å². The molecule has 5 heteroatoms. The number of rotatable bonds is 3. The lowest BCUT2D eigenvalue weighted by atomic mass is 10.1. The fourth-order valence-electron chi connectivity index (χ4n) is 2.09. The summed E-state index contributed by atoms with van der Waals surface area (Å²) in [6.45, 7) is 3.81. The van der Waals surface area contributed by atoms with Gasteiger partial charge in [-0.1, -0.05) is 6.07 Å². The van der Waals surface area contributed by atoms with E-state index >= 15 is 0 Å². The molecule has 0 aromatic heterocycles. The number of hydrogen-bond acceptors (Lipinski definition) is 2. The molecule has 1 fully saturated rings. The highest BCUT2D eigenvalue weighted by molar-refractivity contribution is 5.89. The van der Waals surface area contributed by atoms with Gasteiger partial charge in [0.1, 0.15) is 5.82 Å². The van der Waals surface area contributed by atoms with Gasteiger partial charge in [0.25, 0.3) is 0 Å². The van der Waals surface area contributed by atoms with E-state index in [9.17, 15) is 9.18 Å². The van der Waals surface area contributed by atoms with Crippen LogP contribution in [0.3, 0.4) is 0 Å². The van der Waals surface area contributed by atoms with Crippen LogP contribution in [0.25, 0.3) is 0 Å². The first kappa shape index (κ1) is 13.8. The number of nitrogens with zero attached hydrogens (tertiary/aromatic N) is 1. The van der Waals surface area contributed by atoms with Gasteiger partial charge in [-0.3, -0.25) is 0 Å². The predicted molar refractivity (Wildman–Crippen MR) is 71.7 cm³/mol. The Labute approximate surface area is 112 Å². The van der Waals surface area contributed by atoms with Crippen LogP contribution in [0.5, 0.6) is 0 Å². The Morgan fingerprint density at radius 1 is 1.58 bits per heavy atom.